The highest BCUT2D eigenvalue weighted by molar-refractivity contribution is 8.07. The molecular weight excluding hydrogens is 242 g/mol. The first-order valence-electron chi connectivity index (χ1n) is 1.96. The lowest BCUT2D eigenvalue weighted by Crippen LogP contribution is -2.40. The highest BCUT2D eigenvalue weighted by Crippen LogP contribution is 1.92. The van der Waals surface area contributed by atoms with Crippen molar-refractivity contribution in [2.24, 2.45) is 0 Å². The van der Waals surface area contributed by atoms with Crippen LogP contribution in [0.1, 0.15) is 0 Å². The fraction of sp³-hybridized carbons (Fsp3) is 0. The molecule has 0 aromatic heterocycles. The van der Waals surface area contributed by atoms with Crippen molar-refractivity contribution in [1.29, 1.82) is 0 Å². The van der Waals surface area contributed by atoms with Gasteiger partial charge >= 0.3 is 20.6 Å². The lowest BCUT2D eigenvalue weighted by atomic mass is 13.8. The Kier molecular flexibility index (Phi) is 3.80. The molecule has 74 valence electrons. The molecule has 0 heterocycles. The van der Waals surface area contributed by atoms with Crippen molar-refractivity contribution in [3.63, 3.8) is 0 Å². The maximum absolute atomic E-state index is 11.6. The van der Waals surface area contributed by atoms with Gasteiger partial charge in [-0.25, -0.2) is 0 Å². The zero-order chi connectivity index (χ0) is 9.99. The van der Waals surface area contributed by atoms with Crippen LogP contribution in [0.3, 0.4) is 0 Å². The van der Waals surface area contributed by atoms with Gasteiger partial charge in [0.05, 0.1) is 0 Å². The van der Waals surface area contributed by atoms with Crippen LogP contribution in [0.2, 0.25) is 0 Å². The molecule has 12 heteroatoms. The lowest BCUT2D eigenvalue weighted by Gasteiger charge is -1.99. The topological polar surface area (TPSA) is 115 Å². The first-order valence-corrected chi connectivity index (χ1v) is 5.88. The maximum Gasteiger partial charge on any atom is 0.386 e. The largest absolute Gasteiger partial charge is 0.560 e. The van der Waals surface area contributed by atoms with Crippen LogP contribution in [0.4, 0.5) is 7.77 Å². The first-order chi connectivity index (χ1) is 5.12. The van der Waals surface area contributed by atoms with Gasteiger partial charge in [-0.05, 0) is 0 Å². The molecular formula is H2F2N2O5S3. The van der Waals surface area contributed by atoms with E-state index in [1.54, 1.807) is 0 Å². The van der Waals surface area contributed by atoms with E-state index in [4.69, 9.17) is 0 Å². The van der Waals surface area contributed by atoms with E-state index in [0.29, 0.717) is 8.25 Å². The maximum atomic E-state index is 11.6. The van der Waals surface area contributed by atoms with E-state index in [1.165, 1.54) is 0 Å². The summed E-state index contributed by atoms with van der Waals surface area (Å²) in [6, 6.07) is 0. The molecule has 7 nitrogen and oxygen atoms in total. The molecule has 0 spiro atoms. The van der Waals surface area contributed by atoms with Crippen molar-refractivity contribution in [2.45, 2.75) is 0 Å². The third-order valence-corrected chi connectivity index (χ3v) is 3.46. The molecule has 0 aliphatic rings. The van der Waals surface area contributed by atoms with Crippen molar-refractivity contribution >= 4 is 32.4 Å². The molecule has 1 atom stereocenters. The summed E-state index contributed by atoms with van der Waals surface area (Å²) in [5, 5.41) is 0. The van der Waals surface area contributed by atoms with Crippen molar-refractivity contribution < 1.29 is 29.2 Å². The molecule has 0 bridgehead atoms. The minimum Gasteiger partial charge on any atom is -0.560 e. The summed E-state index contributed by atoms with van der Waals surface area (Å²) >= 11 is -3.50. The summed E-state index contributed by atoms with van der Waals surface area (Å²) in [6.07, 6.45) is 0. The zero-order valence-corrected chi connectivity index (χ0v) is 7.47. The van der Waals surface area contributed by atoms with Gasteiger partial charge in [0, 0.05) is 8.01 Å². The molecule has 0 aliphatic heterocycles. The summed E-state index contributed by atoms with van der Waals surface area (Å²) in [6.45, 7) is 0. The summed E-state index contributed by atoms with van der Waals surface area (Å²) in [7, 11) is -10.5. The molecule has 0 saturated heterocycles. The Hall–Kier alpha value is -0.0100. The second-order valence-corrected chi connectivity index (χ2v) is 4.99. The molecule has 0 aromatic rings. The van der Waals surface area contributed by atoms with Gasteiger partial charge in [0.15, 0.2) is 0 Å². The second-order valence-electron chi connectivity index (χ2n) is 1.33. The minimum atomic E-state index is -5.53. The van der Waals surface area contributed by atoms with Crippen LogP contribution in [0.5, 0.6) is 0 Å². The highest BCUT2D eigenvalue weighted by atomic mass is 32.3. The van der Waals surface area contributed by atoms with Gasteiger partial charge in [-0.1, -0.05) is 8.01 Å². The Bertz CT molecular complexity index is 328. The van der Waals surface area contributed by atoms with Crippen molar-refractivity contribution in [3.05, 3.63) is 0 Å². The quantitative estimate of drug-likeness (QED) is 0.446. The number of rotatable bonds is 4. The Balaban J connectivity index is 4.47. The van der Waals surface area contributed by atoms with E-state index in [2.05, 4.69) is 0 Å². The van der Waals surface area contributed by atoms with E-state index in [1.807, 2.05) is 0 Å². The molecule has 0 rings (SSSR count). The molecule has 0 fully saturated rings. The van der Waals surface area contributed by atoms with Gasteiger partial charge in [-0.2, -0.15) is 16.8 Å². The van der Waals surface area contributed by atoms with E-state index >= 15 is 0 Å². The molecule has 0 saturated carbocycles. The third-order valence-electron chi connectivity index (χ3n) is 0.384. The number of halogens is 2. The van der Waals surface area contributed by atoms with Crippen LogP contribution in [0, 0.1) is 0 Å². The predicted octanol–water partition coefficient (Wildman–Crippen LogP) is -1.83. The van der Waals surface area contributed by atoms with Crippen molar-refractivity contribution in [1.82, 2.24) is 8.25 Å². The molecule has 0 aromatic carbocycles. The molecule has 2 N–H and O–H groups in total. The Morgan fingerprint density at radius 2 is 1.67 bits per heavy atom. The highest BCUT2D eigenvalue weighted by Gasteiger charge is 2.25. The van der Waals surface area contributed by atoms with Gasteiger partial charge in [-0.15, -0.1) is 0 Å². The predicted molar refractivity (Wildman–Crippen MR) is 34.5 cm³/mol. The average Bonchev–Trinajstić information content (AvgIpc) is 1.48. The molecule has 0 amide bonds. The van der Waals surface area contributed by atoms with Crippen molar-refractivity contribution in [2.75, 3.05) is 0 Å². The first kappa shape index (κ1) is 12.0. The van der Waals surface area contributed by atoms with Gasteiger partial charge in [0.25, 0.3) is 11.7 Å². The smallest absolute Gasteiger partial charge is 0.386 e. The molecule has 0 aliphatic carbocycles. The molecule has 0 radical (unpaired) electrons. The van der Waals surface area contributed by atoms with Gasteiger partial charge < -0.3 is 4.55 Å². The second kappa shape index (κ2) is 3.80. The fourth-order valence-corrected chi connectivity index (χ4v) is 2.41. The number of hydrogen-bond donors (Lipinski definition) is 2. The summed E-state index contributed by atoms with van der Waals surface area (Å²) < 4.78 is 73.1. The summed E-state index contributed by atoms with van der Waals surface area (Å²) in [5.41, 5.74) is 0. The van der Waals surface area contributed by atoms with Gasteiger partial charge in [0.2, 0.25) is 0 Å². The Morgan fingerprint density at radius 1 is 1.25 bits per heavy atom. The number of nitrogens with one attached hydrogen (secondary N) is 2. The van der Waals surface area contributed by atoms with Gasteiger partial charge in [0.1, 0.15) is 0 Å². The van der Waals surface area contributed by atoms with Crippen LogP contribution >= 0.6 is 0 Å². The zero-order valence-electron chi connectivity index (χ0n) is 5.02. The van der Waals surface area contributed by atoms with E-state index in [0.717, 1.165) is 0 Å². The third kappa shape index (κ3) is 6.68. The molecule has 12 heavy (non-hydrogen) atoms. The van der Waals surface area contributed by atoms with E-state index in [9.17, 15) is 29.2 Å². The van der Waals surface area contributed by atoms with Crippen LogP contribution in [-0.4, -0.2) is 21.4 Å². The minimum absolute atomic E-state index is 0.360. The van der Waals surface area contributed by atoms with Gasteiger partial charge in [-0.3, -0.25) is 0 Å². The van der Waals surface area contributed by atoms with Crippen LogP contribution in [0.15, 0.2) is 0 Å². The average molecular weight is 244 g/mol. The van der Waals surface area contributed by atoms with Crippen LogP contribution < -0.4 is 8.25 Å². The summed E-state index contributed by atoms with van der Waals surface area (Å²) in [4.78, 5) is 0. The monoisotopic (exact) mass is 244 g/mol. The Morgan fingerprint density at radius 3 is 1.92 bits per heavy atom. The lowest BCUT2D eigenvalue weighted by molar-refractivity contribution is 0.535. The van der Waals surface area contributed by atoms with Crippen LogP contribution in [-0.2, 0) is 32.4 Å². The van der Waals surface area contributed by atoms with Crippen LogP contribution in [0.25, 0.3) is 0 Å². The number of hydrogen-bond acceptors (Lipinski definition) is 5. The Labute approximate surface area is 70.3 Å². The molecule has 1 unspecified atom stereocenters. The SMILES string of the molecule is O=S(=O)(F)NS(=O)(=O)N[S+]([O-])F. The summed E-state index contributed by atoms with van der Waals surface area (Å²) in [5.74, 6) is 0. The van der Waals surface area contributed by atoms with E-state index in [-0.39, 0.29) is 0 Å². The van der Waals surface area contributed by atoms with Crippen molar-refractivity contribution in [3.8, 4) is 0 Å². The van der Waals surface area contributed by atoms with E-state index < -0.39 is 32.4 Å². The fourth-order valence-electron chi connectivity index (χ4n) is 0.234. The normalized spacial score (nSPS) is 15.9. The standard InChI is InChI=1S/F2H2N2O5S3/c1-10(5)3-12(8,9)4-11(2,6)7/h3-4H.